The number of hydrogen-bond donors (Lipinski definition) is 1. The molecule has 0 aliphatic heterocycles. The van der Waals surface area contributed by atoms with Crippen LogP contribution in [0.2, 0.25) is 0 Å². The van der Waals surface area contributed by atoms with Gasteiger partial charge >= 0.3 is 0 Å². The smallest absolute Gasteiger partial charge is 0.227 e. The molecule has 0 fully saturated rings. The number of carbonyl (C=O) groups excluding carboxylic acids is 1. The highest BCUT2D eigenvalue weighted by Crippen LogP contribution is 2.21. The summed E-state index contributed by atoms with van der Waals surface area (Å²) in [6, 6.07) is 11.6. The molecule has 0 radical (unpaired) electrons. The fourth-order valence-electron chi connectivity index (χ4n) is 3.12. The van der Waals surface area contributed by atoms with Crippen LogP contribution in [0.25, 0.3) is 16.9 Å². The molecule has 2 aromatic heterocycles. The van der Waals surface area contributed by atoms with Crippen molar-refractivity contribution in [1.29, 1.82) is 0 Å². The molecule has 136 valence electrons. The van der Waals surface area contributed by atoms with Crippen LogP contribution in [0.3, 0.4) is 0 Å². The van der Waals surface area contributed by atoms with Crippen molar-refractivity contribution in [3.63, 3.8) is 0 Å². The third-order valence-electron chi connectivity index (χ3n) is 4.51. The predicted octanol–water partition coefficient (Wildman–Crippen LogP) is 4.25. The minimum absolute atomic E-state index is 0.0884. The first-order valence-corrected chi connectivity index (χ1v) is 9.22. The molecule has 2 heterocycles. The number of amides is 1. The Bertz CT molecular complexity index is 879. The second-order valence-electron chi connectivity index (χ2n) is 6.58. The summed E-state index contributed by atoms with van der Waals surface area (Å²) < 4.78 is 1.73. The lowest BCUT2D eigenvalue weighted by molar-refractivity contribution is -0.120. The molecule has 0 spiro atoms. The van der Waals surface area contributed by atoms with Crippen LogP contribution in [0.1, 0.15) is 45.4 Å². The third kappa shape index (κ3) is 3.90. The molecule has 0 aliphatic rings. The molecule has 6 nitrogen and oxygen atoms in total. The summed E-state index contributed by atoms with van der Waals surface area (Å²) in [6.45, 7) is 6.11. The topological polar surface area (TPSA) is 72.2 Å². The van der Waals surface area contributed by atoms with Crippen molar-refractivity contribution in [3.05, 3.63) is 42.2 Å². The van der Waals surface area contributed by atoms with E-state index in [1.807, 2.05) is 43.3 Å². The lowest BCUT2D eigenvalue weighted by Crippen LogP contribution is -2.22. The van der Waals surface area contributed by atoms with Gasteiger partial charge in [0.2, 0.25) is 5.91 Å². The van der Waals surface area contributed by atoms with Gasteiger partial charge in [-0.25, -0.2) is 0 Å². The number of rotatable bonds is 7. The lowest BCUT2D eigenvalue weighted by atomic mass is 9.97. The minimum Gasteiger partial charge on any atom is -0.326 e. The number of aryl methyl sites for hydroxylation is 1. The van der Waals surface area contributed by atoms with E-state index in [9.17, 15) is 4.79 Å². The van der Waals surface area contributed by atoms with Crippen LogP contribution in [0.5, 0.6) is 0 Å². The number of aromatic nitrogens is 4. The fourth-order valence-corrected chi connectivity index (χ4v) is 3.12. The van der Waals surface area contributed by atoms with E-state index >= 15 is 0 Å². The zero-order valence-electron chi connectivity index (χ0n) is 15.6. The molecule has 3 rings (SSSR count). The van der Waals surface area contributed by atoms with Gasteiger partial charge in [0.05, 0.1) is 5.69 Å². The number of fused-ring (bicyclic) bond motifs is 1. The Balaban J connectivity index is 1.75. The lowest BCUT2D eigenvalue weighted by Gasteiger charge is -2.15. The van der Waals surface area contributed by atoms with Crippen LogP contribution >= 0.6 is 0 Å². The van der Waals surface area contributed by atoms with Crippen molar-refractivity contribution in [2.24, 2.45) is 5.92 Å². The van der Waals surface area contributed by atoms with Gasteiger partial charge in [0.15, 0.2) is 11.5 Å². The van der Waals surface area contributed by atoms with Crippen molar-refractivity contribution in [2.75, 3.05) is 5.32 Å². The highest BCUT2D eigenvalue weighted by Gasteiger charge is 2.16. The molecule has 1 amide bonds. The Kier molecular flexibility index (Phi) is 5.61. The van der Waals surface area contributed by atoms with Crippen molar-refractivity contribution < 1.29 is 4.79 Å². The molecule has 0 saturated carbocycles. The summed E-state index contributed by atoms with van der Waals surface area (Å²) in [4.78, 5) is 12.5. The highest BCUT2D eigenvalue weighted by atomic mass is 16.1. The molecule has 1 N–H and O–H groups in total. The normalized spacial score (nSPS) is 11.2. The number of carbonyl (C=O) groups is 1. The number of benzene rings is 1. The van der Waals surface area contributed by atoms with Crippen LogP contribution in [-0.4, -0.2) is 25.7 Å². The first kappa shape index (κ1) is 18.0. The van der Waals surface area contributed by atoms with Crippen molar-refractivity contribution >= 4 is 17.2 Å². The Labute approximate surface area is 153 Å². The maximum atomic E-state index is 12.5. The summed E-state index contributed by atoms with van der Waals surface area (Å²) in [5, 5.41) is 15.7. The van der Waals surface area contributed by atoms with E-state index in [0.717, 1.165) is 54.1 Å². The quantitative estimate of drug-likeness (QED) is 0.690. The first-order valence-electron chi connectivity index (χ1n) is 9.22. The molecule has 0 aliphatic carbocycles. The predicted molar refractivity (Wildman–Crippen MR) is 103 cm³/mol. The van der Waals surface area contributed by atoms with Crippen molar-refractivity contribution in [1.82, 2.24) is 19.8 Å². The number of hydrogen-bond acceptors (Lipinski definition) is 4. The molecular formula is C20H25N5O. The van der Waals surface area contributed by atoms with E-state index in [1.165, 1.54) is 0 Å². The highest BCUT2D eigenvalue weighted by molar-refractivity contribution is 5.92. The summed E-state index contributed by atoms with van der Waals surface area (Å²) in [7, 11) is 0. The second-order valence-corrected chi connectivity index (χ2v) is 6.58. The van der Waals surface area contributed by atoms with Gasteiger partial charge in [-0.3, -0.25) is 4.79 Å². The Hall–Kier alpha value is -2.76. The van der Waals surface area contributed by atoms with Crippen LogP contribution in [0.15, 0.2) is 36.4 Å². The van der Waals surface area contributed by atoms with Gasteiger partial charge in [0.25, 0.3) is 0 Å². The average molecular weight is 351 g/mol. The van der Waals surface area contributed by atoms with E-state index < -0.39 is 0 Å². The summed E-state index contributed by atoms with van der Waals surface area (Å²) in [6.07, 6.45) is 3.90. The standard InChI is InChI=1S/C20H25N5O/c1-4-6-16(7-5-2)20(26)21-17-10-8-15(9-11-17)18-12-13-19-23-22-14(3)25(19)24-18/h8-13,16H,4-7H2,1-3H3,(H,21,26). The molecule has 0 atom stereocenters. The Morgan fingerprint density at radius 2 is 1.73 bits per heavy atom. The van der Waals surface area contributed by atoms with Crippen LogP contribution in [0.4, 0.5) is 5.69 Å². The van der Waals surface area contributed by atoms with Gasteiger partial charge in [-0.1, -0.05) is 38.8 Å². The summed E-state index contributed by atoms with van der Waals surface area (Å²) >= 11 is 0. The van der Waals surface area contributed by atoms with Gasteiger partial charge in [0, 0.05) is 17.2 Å². The van der Waals surface area contributed by atoms with Crippen molar-refractivity contribution in [2.45, 2.75) is 46.5 Å². The van der Waals surface area contributed by atoms with Gasteiger partial charge in [-0.15, -0.1) is 10.2 Å². The van der Waals surface area contributed by atoms with E-state index in [4.69, 9.17) is 0 Å². The Morgan fingerprint density at radius 3 is 2.38 bits per heavy atom. The number of anilines is 1. The zero-order chi connectivity index (χ0) is 18.5. The zero-order valence-corrected chi connectivity index (χ0v) is 15.6. The average Bonchev–Trinajstić information content (AvgIpc) is 3.02. The van der Waals surface area contributed by atoms with Gasteiger partial charge in [-0.2, -0.15) is 9.61 Å². The molecule has 0 unspecified atom stereocenters. The largest absolute Gasteiger partial charge is 0.326 e. The summed E-state index contributed by atoms with van der Waals surface area (Å²) in [5.74, 6) is 0.954. The molecule has 26 heavy (non-hydrogen) atoms. The van der Waals surface area contributed by atoms with E-state index in [-0.39, 0.29) is 11.8 Å². The second kappa shape index (κ2) is 8.08. The monoisotopic (exact) mass is 351 g/mol. The van der Waals surface area contributed by atoms with Crippen LogP contribution in [-0.2, 0) is 4.79 Å². The maximum absolute atomic E-state index is 12.5. The summed E-state index contributed by atoms with van der Waals surface area (Å²) in [5.41, 5.74) is 3.37. The molecular weight excluding hydrogens is 326 g/mol. The fraction of sp³-hybridized carbons (Fsp3) is 0.400. The Morgan fingerprint density at radius 1 is 1.04 bits per heavy atom. The molecule has 3 aromatic rings. The van der Waals surface area contributed by atoms with E-state index in [2.05, 4.69) is 34.5 Å². The molecule has 6 heteroatoms. The molecule has 1 aromatic carbocycles. The van der Waals surface area contributed by atoms with Crippen molar-refractivity contribution in [3.8, 4) is 11.3 Å². The van der Waals surface area contributed by atoms with Gasteiger partial charge in [0.1, 0.15) is 0 Å². The molecule has 0 bridgehead atoms. The van der Waals surface area contributed by atoms with Gasteiger partial charge < -0.3 is 5.32 Å². The SMILES string of the molecule is CCCC(CCC)C(=O)Nc1ccc(-c2ccc3nnc(C)n3n2)cc1. The molecule has 0 saturated heterocycles. The maximum Gasteiger partial charge on any atom is 0.227 e. The van der Waals surface area contributed by atoms with Gasteiger partial charge in [-0.05, 0) is 44.0 Å². The van der Waals surface area contributed by atoms with E-state index in [1.54, 1.807) is 4.52 Å². The van der Waals surface area contributed by atoms with Crippen LogP contribution in [0, 0.1) is 12.8 Å². The number of nitrogens with zero attached hydrogens (tertiary/aromatic N) is 4. The first-order chi connectivity index (χ1) is 12.6. The number of nitrogens with one attached hydrogen (secondary N) is 1. The van der Waals surface area contributed by atoms with Crippen LogP contribution < -0.4 is 5.32 Å². The van der Waals surface area contributed by atoms with E-state index in [0.29, 0.717) is 0 Å². The minimum atomic E-state index is 0.0884. The third-order valence-corrected chi connectivity index (χ3v) is 4.51.